The minimum atomic E-state index is -1.02. The van der Waals surface area contributed by atoms with Crippen LogP contribution in [0.1, 0.15) is 0 Å². The third-order valence-corrected chi connectivity index (χ3v) is 2.74. The number of aryl methyl sites for hydroxylation is 1. The summed E-state index contributed by atoms with van der Waals surface area (Å²) in [7, 11) is 1.74. The Hall–Kier alpha value is -2.84. The fourth-order valence-corrected chi connectivity index (χ4v) is 1.80. The molecule has 9 heteroatoms. The van der Waals surface area contributed by atoms with Crippen molar-refractivity contribution in [2.75, 3.05) is 5.73 Å². The van der Waals surface area contributed by atoms with Gasteiger partial charge in [-0.1, -0.05) is 0 Å². The molecule has 3 aromatic rings. The van der Waals surface area contributed by atoms with E-state index in [2.05, 4.69) is 20.6 Å². The Kier molecular flexibility index (Phi) is 2.67. The van der Waals surface area contributed by atoms with Crippen LogP contribution in [-0.2, 0) is 7.05 Å². The molecular formula is C11H9F2N7. The van der Waals surface area contributed by atoms with Gasteiger partial charge in [0.2, 0.25) is 0 Å². The van der Waals surface area contributed by atoms with Crippen molar-refractivity contribution in [3.8, 4) is 17.1 Å². The number of hydrogen-bond donors (Lipinski definition) is 1. The fraction of sp³-hybridized carbons (Fsp3) is 0.0909. The van der Waals surface area contributed by atoms with E-state index in [0.717, 1.165) is 12.1 Å². The van der Waals surface area contributed by atoms with Gasteiger partial charge in [0.1, 0.15) is 5.69 Å². The van der Waals surface area contributed by atoms with Crippen LogP contribution in [0.25, 0.3) is 17.1 Å². The Bertz CT molecular complexity index is 777. The van der Waals surface area contributed by atoms with Gasteiger partial charge < -0.3 is 5.73 Å². The zero-order valence-electron chi connectivity index (χ0n) is 10.3. The summed E-state index contributed by atoms with van der Waals surface area (Å²) >= 11 is 0. The predicted molar refractivity (Wildman–Crippen MR) is 65.7 cm³/mol. The minimum Gasteiger partial charge on any atom is -0.398 e. The molecule has 7 nitrogen and oxygen atoms in total. The molecule has 0 fully saturated rings. The molecule has 0 spiro atoms. The van der Waals surface area contributed by atoms with E-state index in [1.54, 1.807) is 17.9 Å². The van der Waals surface area contributed by atoms with Crippen molar-refractivity contribution in [2.24, 2.45) is 7.05 Å². The molecule has 0 unspecified atom stereocenters. The first kappa shape index (κ1) is 12.2. The summed E-state index contributed by atoms with van der Waals surface area (Å²) < 4.78 is 29.4. The summed E-state index contributed by atoms with van der Waals surface area (Å²) in [5, 5.41) is 15.1. The number of aromatic nitrogens is 6. The van der Waals surface area contributed by atoms with E-state index in [0.29, 0.717) is 5.69 Å². The van der Waals surface area contributed by atoms with Gasteiger partial charge in [0, 0.05) is 24.4 Å². The second-order valence-electron chi connectivity index (χ2n) is 4.14. The number of tetrazole rings is 1. The van der Waals surface area contributed by atoms with Crippen molar-refractivity contribution in [1.82, 2.24) is 30.0 Å². The Morgan fingerprint density at radius 2 is 1.95 bits per heavy atom. The summed E-state index contributed by atoms with van der Waals surface area (Å²) in [6, 6.07) is 1.86. The van der Waals surface area contributed by atoms with Crippen LogP contribution in [0.5, 0.6) is 0 Å². The van der Waals surface area contributed by atoms with Crippen LogP contribution in [0.4, 0.5) is 14.5 Å². The highest BCUT2D eigenvalue weighted by molar-refractivity contribution is 5.72. The Morgan fingerprint density at radius 3 is 2.65 bits per heavy atom. The summed E-state index contributed by atoms with van der Waals surface area (Å²) in [5.74, 6) is -1.84. The molecule has 102 valence electrons. The van der Waals surface area contributed by atoms with Gasteiger partial charge in [-0.15, -0.1) is 5.10 Å². The van der Waals surface area contributed by atoms with E-state index in [-0.39, 0.29) is 17.1 Å². The molecule has 0 radical (unpaired) electrons. The molecule has 0 amide bonds. The smallest absolute Gasteiger partial charge is 0.189 e. The van der Waals surface area contributed by atoms with Crippen LogP contribution in [0.2, 0.25) is 0 Å². The lowest BCUT2D eigenvalue weighted by Crippen LogP contribution is -2.02. The number of nitrogens with zero attached hydrogens (tertiary/aromatic N) is 6. The second kappa shape index (κ2) is 4.37. The summed E-state index contributed by atoms with van der Waals surface area (Å²) in [6.45, 7) is 0. The molecule has 20 heavy (non-hydrogen) atoms. The van der Waals surface area contributed by atoms with E-state index < -0.39 is 11.6 Å². The van der Waals surface area contributed by atoms with Crippen molar-refractivity contribution in [2.45, 2.75) is 0 Å². The molecule has 0 aliphatic carbocycles. The second-order valence-corrected chi connectivity index (χ2v) is 4.14. The molecule has 0 atom stereocenters. The standard InChI is InChI=1S/C11H9F2N7/c1-19-5-6(4-15-19)20-11(16-17-18-20)7-2-8(12)9(13)3-10(7)14/h2-5H,14H2,1H3. The molecule has 0 saturated carbocycles. The number of halogens is 2. The SMILES string of the molecule is Cn1cc(-n2nnnc2-c2cc(F)c(F)cc2N)cn1. The third-order valence-electron chi connectivity index (χ3n) is 2.74. The molecule has 0 bridgehead atoms. The molecule has 2 heterocycles. The molecule has 2 N–H and O–H groups in total. The van der Waals surface area contributed by atoms with Crippen LogP contribution in [0.3, 0.4) is 0 Å². The number of hydrogen-bond acceptors (Lipinski definition) is 5. The van der Waals surface area contributed by atoms with E-state index >= 15 is 0 Å². The fourth-order valence-electron chi connectivity index (χ4n) is 1.80. The zero-order valence-corrected chi connectivity index (χ0v) is 10.3. The van der Waals surface area contributed by atoms with Gasteiger partial charge in [-0.05, 0) is 16.5 Å². The highest BCUT2D eigenvalue weighted by Crippen LogP contribution is 2.27. The first-order valence-corrected chi connectivity index (χ1v) is 5.58. The van der Waals surface area contributed by atoms with E-state index in [9.17, 15) is 8.78 Å². The van der Waals surface area contributed by atoms with Crippen LogP contribution in [-0.4, -0.2) is 30.0 Å². The maximum Gasteiger partial charge on any atom is 0.189 e. The first-order valence-electron chi connectivity index (χ1n) is 5.58. The Labute approximate surface area is 111 Å². The topological polar surface area (TPSA) is 87.4 Å². The van der Waals surface area contributed by atoms with Crippen molar-refractivity contribution in [1.29, 1.82) is 0 Å². The minimum absolute atomic E-state index is 0.0452. The molecule has 1 aromatic carbocycles. The maximum atomic E-state index is 13.4. The van der Waals surface area contributed by atoms with Gasteiger partial charge in [-0.3, -0.25) is 4.68 Å². The molecular weight excluding hydrogens is 268 g/mol. The monoisotopic (exact) mass is 277 g/mol. The summed E-state index contributed by atoms with van der Waals surface area (Å²) in [4.78, 5) is 0. The molecule has 3 rings (SSSR count). The largest absolute Gasteiger partial charge is 0.398 e. The van der Waals surface area contributed by atoms with Gasteiger partial charge >= 0.3 is 0 Å². The van der Waals surface area contributed by atoms with Gasteiger partial charge in [-0.25, -0.2) is 8.78 Å². The van der Waals surface area contributed by atoms with Gasteiger partial charge in [-0.2, -0.15) is 9.78 Å². The highest BCUT2D eigenvalue weighted by Gasteiger charge is 2.17. The third kappa shape index (κ3) is 1.88. The van der Waals surface area contributed by atoms with Crippen molar-refractivity contribution >= 4 is 5.69 Å². The quantitative estimate of drug-likeness (QED) is 0.704. The highest BCUT2D eigenvalue weighted by atomic mass is 19.2. The first-order chi connectivity index (χ1) is 9.56. The number of nitrogens with two attached hydrogens (primary N) is 1. The maximum absolute atomic E-state index is 13.4. The van der Waals surface area contributed by atoms with Crippen molar-refractivity contribution in [3.05, 3.63) is 36.2 Å². The lowest BCUT2D eigenvalue weighted by Gasteiger charge is -2.06. The zero-order chi connectivity index (χ0) is 14.3. The Balaban J connectivity index is 2.17. The summed E-state index contributed by atoms with van der Waals surface area (Å²) in [5.41, 5.74) is 6.53. The average molecular weight is 277 g/mol. The van der Waals surface area contributed by atoms with Crippen LogP contribution in [0, 0.1) is 11.6 Å². The number of benzene rings is 1. The molecule has 0 aliphatic heterocycles. The number of anilines is 1. The van der Waals surface area contributed by atoms with Crippen molar-refractivity contribution < 1.29 is 8.78 Å². The van der Waals surface area contributed by atoms with Crippen LogP contribution < -0.4 is 5.73 Å². The number of rotatable bonds is 2. The number of nitrogen functional groups attached to an aromatic ring is 1. The Morgan fingerprint density at radius 1 is 1.20 bits per heavy atom. The normalized spacial score (nSPS) is 10.9. The van der Waals surface area contributed by atoms with Crippen LogP contribution in [0.15, 0.2) is 24.5 Å². The summed E-state index contributed by atoms with van der Waals surface area (Å²) in [6.07, 6.45) is 3.21. The van der Waals surface area contributed by atoms with Crippen molar-refractivity contribution in [3.63, 3.8) is 0 Å². The predicted octanol–water partition coefficient (Wildman–Crippen LogP) is 0.923. The van der Waals surface area contributed by atoms with E-state index in [1.165, 1.54) is 10.9 Å². The van der Waals surface area contributed by atoms with E-state index in [4.69, 9.17) is 5.73 Å². The lowest BCUT2D eigenvalue weighted by atomic mass is 10.1. The van der Waals surface area contributed by atoms with E-state index in [1.807, 2.05) is 0 Å². The molecule has 2 aromatic heterocycles. The molecule has 0 saturated heterocycles. The van der Waals surface area contributed by atoms with Crippen LogP contribution >= 0.6 is 0 Å². The van der Waals surface area contributed by atoms with Gasteiger partial charge in [0.05, 0.1) is 12.4 Å². The average Bonchev–Trinajstić information content (AvgIpc) is 3.02. The van der Waals surface area contributed by atoms with Gasteiger partial charge in [0.25, 0.3) is 0 Å². The lowest BCUT2D eigenvalue weighted by molar-refractivity contribution is 0.509. The molecule has 0 aliphatic rings. The van der Waals surface area contributed by atoms with Gasteiger partial charge in [0.15, 0.2) is 17.5 Å².